The molecular formula is C25H28F2N4O3. The fraction of sp³-hybridized carbons (Fsp3) is 0.440. The average molecular weight is 471 g/mol. The molecule has 2 aromatic carbocycles. The van der Waals surface area contributed by atoms with Crippen molar-refractivity contribution in [3.05, 3.63) is 64.6 Å². The molecule has 0 radical (unpaired) electrons. The summed E-state index contributed by atoms with van der Waals surface area (Å²) >= 11 is 0. The number of fused-ring (bicyclic) bond motifs is 1. The van der Waals surface area contributed by atoms with Gasteiger partial charge in [0, 0.05) is 32.1 Å². The second kappa shape index (κ2) is 8.45. The summed E-state index contributed by atoms with van der Waals surface area (Å²) in [5, 5.41) is 0. The van der Waals surface area contributed by atoms with Crippen molar-refractivity contribution in [2.45, 2.75) is 31.8 Å². The molecule has 9 heteroatoms. The second-order valence-electron chi connectivity index (χ2n) is 9.35. The summed E-state index contributed by atoms with van der Waals surface area (Å²) in [5.74, 6) is -3.00. The molecule has 2 aliphatic rings. The van der Waals surface area contributed by atoms with Crippen molar-refractivity contribution in [1.82, 2.24) is 14.5 Å². The summed E-state index contributed by atoms with van der Waals surface area (Å²) in [5.41, 5.74) is 1.87. The number of H-pyrrole nitrogens is 1. The van der Waals surface area contributed by atoms with E-state index in [2.05, 4.69) is 9.88 Å². The number of aromatic amines is 1. The first-order chi connectivity index (χ1) is 16.3. The zero-order valence-electron chi connectivity index (χ0n) is 19.1. The van der Waals surface area contributed by atoms with E-state index in [1.165, 1.54) is 0 Å². The number of hydrogen-bond acceptors (Lipinski definition) is 4. The molecule has 0 bridgehead atoms. The van der Waals surface area contributed by atoms with Gasteiger partial charge in [0.2, 0.25) is 0 Å². The van der Waals surface area contributed by atoms with Crippen molar-refractivity contribution in [3.8, 4) is 0 Å². The number of rotatable bonds is 3. The molecule has 3 aromatic rings. The zero-order valence-corrected chi connectivity index (χ0v) is 19.1. The molecule has 3 heterocycles. The van der Waals surface area contributed by atoms with Crippen molar-refractivity contribution in [1.29, 1.82) is 0 Å². The van der Waals surface area contributed by atoms with Crippen LogP contribution in [0.4, 0.5) is 19.3 Å². The Labute approximate surface area is 195 Å². The number of carbonyl (C=O) groups is 1. The van der Waals surface area contributed by atoms with Crippen LogP contribution in [0.2, 0.25) is 0 Å². The Bertz CT molecular complexity index is 1250. The van der Waals surface area contributed by atoms with Gasteiger partial charge in [0.05, 0.1) is 23.3 Å². The van der Waals surface area contributed by atoms with Gasteiger partial charge in [0.25, 0.3) is 5.92 Å². The first-order valence-electron chi connectivity index (χ1n) is 11.6. The molecule has 1 N–H and O–H groups in total. The van der Waals surface area contributed by atoms with Crippen LogP contribution in [0.25, 0.3) is 11.0 Å². The number of piperidine rings is 2. The minimum absolute atomic E-state index is 0.0645. The second-order valence-corrected chi connectivity index (χ2v) is 9.35. The Hall–Kier alpha value is -3.36. The van der Waals surface area contributed by atoms with Crippen LogP contribution in [0.3, 0.4) is 0 Å². The summed E-state index contributed by atoms with van der Waals surface area (Å²) in [6.07, 6.45) is 0.181. The van der Waals surface area contributed by atoms with Gasteiger partial charge < -0.3 is 19.5 Å². The van der Waals surface area contributed by atoms with Crippen molar-refractivity contribution in [2.24, 2.45) is 12.5 Å². The van der Waals surface area contributed by atoms with Crippen molar-refractivity contribution in [3.63, 3.8) is 0 Å². The number of carbonyl (C=O) groups excluding carboxylic acids is 1. The van der Waals surface area contributed by atoms with Crippen LogP contribution in [0.15, 0.2) is 53.3 Å². The molecule has 0 atom stereocenters. The van der Waals surface area contributed by atoms with Crippen LogP contribution in [0.1, 0.15) is 24.8 Å². The number of aryl methyl sites for hydroxylation is 1. The number of aromatic nitrogens is 2. The normalized spacial score (nSPS) is 19.5. The number of amides is 1. The first-order valence-corrected chi connectivity index (χ1v) is 11.6. The number of nitrogens with zero attached hydrogens (tertiary/aromatic N) is 3. The van der Waals surface area contributed by atoms with Gasteiger partial charge in [-0.05, 0) is 37.0 Å². The van der Waals surface area contributed by atoms with Gasteiger partial charge in [-0.25, -0.2) is 18.4 Å². The molecule has 180 valence electrons. The number of alkyl halides is 2. The molecule has 2 fully saturated rings. The number of para-hydroxylation sites is 1. The lowest BCUT2D eigenvalue weighted by atomic mass is 9.68. The Morgan fingerprint density at radius 3 is 2.44 bits per heavy atom. The van der Waals surface area contributed by atoms with Gasteiger partial charge in [-0.1, -0.05) is 36.4 Å². The van der Waals surface area contributed by atoms with Crippen LogP contribution in [-0.2, 0) is 18.4 Å². The lowest BCUT2D eigenvalue weighted by Gasteiger charge is -2.51. The summed E-state index contributed by atoms with van der Waals surface area (Å²) in [6, 6.07) is 14.8. The molecule has 7 nitrogen and oxygen atoms in total. The maximum Gasteiger partial charge on any atom is 0.410 e. The van der Waals surface area contributed by atoms with E-state index < -0.39 is 24.0 Å². The number of benzene rings is 2. The lowest BCUT2D eigenvalue weighted by Crippen LogP contribution is -2.60. The molecule has 0 unspecified atom stereocenters. The predicted octanol–water partition coefficient (Wildman–Crippen LogP) is 4.13. The number of likely N-dealkylation sites (tertiary alicyclic amines) is 1. The Balaban J connectivity index is 1.25. The highest BCUT2D eigenvalue weighted by Crippen LogP contribution is 2.51. The quantitative estimate of drug-likeness (QED) is 0.625. The molecule has 2 saturated heterocycles. The fourth-order valence-electron chi connectivity index (χ4n) is 5.32. The smallest absolute Gasteiger partial charge is 0.410 e. The SMILES string of the molecule is Cn1c(=O)[nH]c2cccc(N3CCC4(CCN(C(=O)OCc5ccccc5)CC4(F)F)CC3)c21. The van der Waals surface area contributed by atoms with Gasteiger partial charge in [0.15, 0.2) is 0 Å². The van der Waals surface area contributed by atoms with Crippen LogP contribution < -0.4 is 10.6 Å². The number of anilines is 1. The predicted molar refractivity (Wildman–Crippen MR) is 125 cm³/mol. The molecule has 0 saturated carbocycles. The van der Waals surface area contributed by atoms with Gasteiger partial charge in [0.1, 0.15) is 6.61 Å². The zero-order chi connectivity index (χ0) is 23.9. The summed E-state index contributed by atoms with van der Waals surface area (Å²) in [7, 11) is 1.71. The fourth-order valence-corrected chi connectivity index (χ4v) is 5.32. The van der Waals surface area contributed by atoms with Crippen molar-refractivity contribution < 1.29 is 18.3 Å². The summed E-state index contributed by atoms with van der Waals surface area (Å²) in [4.78, 5) is 30.6. The van der Waals surface area contributed by atoms with Crippen LogP contribution in [0.5, 0.6) is 0 Å². The van der Waals surface area contributed by atoms with Gasteiger partial charge in [-0.15, -0.1) is 0 Å². The third-order valence-electron chi connectivity index (χ3n) is 7.45. The molecule has 34 heavy (non-hydrogen) atoms. The number of halogens is 2. The van der Waals surface area contributed by atoms with E-state index >= 15 is 8.78 Å². The van der Waals surface area contributed by atoms with Crippen molar-refractivity contribution >= 4 is 22.8 Å². The van der Waals surface area contributed by atoms with Crippen LogP contribution in [0, 0.1) is 5.41 Å². The van der Waals surface area contributed by atoms with E-state index in [9.17, 15) is 9.59 Å². The van der Waals surface area contributed by atoms with Crippen LogP contribution in [-0.4, -0.2) is 52.6 Å². The van der Waals surface area contributed by atoms with E-state index in [0.29, 0.717) is 25.9 Å². The highest BCUT2D eigenvalue weighted by Gasteiger charge is 2.58. The summed E-state index contributed by atoms with van der Waals surface area (Å²) in [6.45, 7) is 0.627. The Kier molecular flexibility index (Phi) is 5.58. The summed E-state index contributed by atoms with van der Waals surface area (Å²) < 4.78 is 37.7. The number of ether oxygens (including phenoxy) is 1. The standard InChI is InChI=1S/C25H28F2N4O3/c1-29-21-19(28-22(29)32)8-5-9-20(21)30-13-10-24(11-14-30)12-15-31(17-25(24,26)27)23(33)34-16-18-6-3-2-4-7-18/h2-9H,10-17H2,1H3,(H,28,32). The minimum atomic E-state index is -3.00. The lowest BCUT2D eigenvalue weighted by molar-refractivity contribution is -0.173. The van der Waals surface area contributed by atoms with E-state index in [1.54, 1.807) is 11.6 Å². The molecule has 0 aliphatic carbocycles. The Morgan fingerprint density at radius 2 is 1.74 bits per heavy atom. The molecule has 1 spiro atoms. The third-order valence-corrected chi connectivity index (χ3v) is 7.45. The molecule has 2 aliphatic heterocycles. The Morgan fingerprint density at radius 1 is 1.03 bits per heavy atom. The third kappa shape index (κ3) is 3.82. The van der Waals surface area contributed by atoms with Crippen LogP contribution >= 0.6 is 0 Å². The highest BCUT2D eigenvalue weighted by atomic mass is 19.3. The van der Waals surface area contributed by atoms with Gasteiger partial charge in [-0.3, -0.25) is 4.57 Å². The van der Waals surface area contributed by atoms with E-state index in [1.807, 2.05) is 48.5 Å². The van der Waals surface area contributed by atoms with E-state index in [4.69, 9.17) is 4.74 Å². The van der Waals surface area contributed by atoms with E-state index in [-0.39, 0.29) is 25.3 Å². The molecule has 1 aromatic heterocycles. The molecule has 5 rings (SSSR count). The van der Waals surface area contributed by atoms with E-state index in [0.717, 1.165) is 27.2 Å². The number of nitrogens with one attached hydrogen (secondary N) is 1. The first kappa shape index (κ1) is 22.4. The molecular weight excluding hydrogens is 442 g/mol. The van der Waals surface area contributed by atoms with Gasteiger partial charge in [-0.2, -0.15) is 0 Å². The largest absolute Gasteiger partial charge is 0.445 e. The number of hydrogen-bond donors (Lipinski definition) is 1. The van der Waals surface area contributed by atoms with Crippen molar-refractivity contribution in [2.75, 3.05) is 31.1 Å². The topological polar surface area (TPSA) is 70.6 Å². The minimum Gasteiger partial charge on any atom is -0.445 e. The number of imidazole rings is 1. The maximum atomic E-state index is 15.5. The average Bonchev–Trinajstić information content (AvgIpc) is 3.14. The van der Waals surface area contributed by atoms with Gasteiger partial charge >= 0.3 is 11.8 Å². The molecule has 1 amide bonds. The monoisotopic (exact) mass is 470 g/mol. The maximum absolute atomic E-state index is 15.5. The highest BCUT2D eigenvalue weighted by molar-refractivity contribution is 5.89.